The normalized spacial score (nSPS) is 9.67. The van der Waals surface area contributed by atoms with Crippen molar-refractivity contribution < 1.29 is 19.8 Å². The summed E-state index contributed by atoms with van der Waals surface area (Å²) in [4.78, 5) is 20.4. The molecule has 0 aliphatic rings. The fourth-order valence-electron chi connectivity index (χ4n) is 0.699. The Labute approximate surface area is 67.0 Å². The zero-order valence-electron chi connectivity index (χ0n) is 5.97. The Kier molecular flexibility index (Phi) is 2.09. The van der Waals surface area contributed by atoms with Gasteiger partial charge in [0.25, 0.3) is 0 Å². The van der Waals surface area contributed by atoms with E-state index in [2.05, 4.69) is 5.10 Å². The van der Waals surface area contributed by atoms with Gasteiger partial charge in [0.05, 0.1) is 11.8 Å². The van der Waals surface area contributed by atoms with E-state index in [0.29, 0.717) is 0 Å². The van der Waals surface area contributed by atoms with E-state index in [9.17, 15) is 9.59 Å². The monoisotopic (exact) mass is 170 g/mol. The van der Waals surface area contributed by atoms with Crippen LogP contribution in [-0.4, -0.2) is 31.9 Å². The van der Waals surface area contributed by atoms with E-state index in [4.69, 9.17) is 10.2 Å². The predicted octanol–water partition coefficient (Wildman–Crippen LogP) is -0.334. The quantitative estimate of drug-likeness (QED) is 0.647. The number of nitrogens with zero attached hydrogens (tertiary/aromatic N) is 2. The molecule has 0 amide bonds. The lowest BCUT2D eigenvalue weighted by molar-refractivity contribution is -0.137. The summed E-state index contributed by atoms with van der Waals surface area (Å²) in [5, 5.41) is 20.3. The van der Waals surface area contributed by atoms with Crippen LogP contribution in [0.15, 0.2) is 12.4 Å². The van der Waals surface area contributed by atoms with Gasteiger partial charge in [0.1, 0.15) is 6.54 Å². The number of hydrogen-bond donors (Lipinski definition) is 2. The first-order valence-electron chi connectivity index (χ1n) is 3.07. The van der Waals surface area contributed by atoms with Gasteiger partial charge in [-0.05, 0) is 0 Å². The molecule has 0 aliphatic carbocycles. The number of carbonyl (C=O) groups is 2. The molecule has 0 aromatic carbocycles. The van der Waals surface area contributed by atoms with Gasteiger partial charge >= 0.3 is 11.9 Å². The second-order valence-electron chi connectivity index (χ2n) is 2.13. The second kappa shape index (κ2) is 3.04. The van der Waals surface area contributed by atoms with Crippen molar-refractivity contribution in [2.75, 3.05) is 0 Å². The van der Waals surface area contributed by atoms with Crippen molar-refractivity contribution in [2.45, 2.75) is 6.54 Å². The van der Waals surface area contributed by atoms with Gasteiger partial charge in [-0.25, -0.2) is 4.79 Å². The van der Waals surface area contributed by atoms with Crippen LogP contribution in [0.25, 0.3) is 0 Å². The van der Waals surface area contributed by atoms with Crippen molar-refractivity contribution in [1.29, 1.82) is 0 Å². The molecule has 0 aliphatic heterocycles. The first kappa shape index (κ1) is 8.25. The van der Waals surface area contributed by atoms with Gasteiger partial charge in [-0.15, -0.1) is 0 Å². The lowest BCUT2D eigenvalue weighted by Gasteiger charge is -1.92. The van der Waals surface area contributed by atoms with E-state index in [1.807, 2.05) is 0 Å². The molecule has 2 N–H and O–H groups in total. The van der Waals surface area contributed by atoms with Gasteiger partial charge in [0.15, 0.2) is 0 Å². The number of carboxylic acids is 2. The summed E-state index contributed by atoms with van der Waals surface area (Å²) in [5.41, 5.74) is -0.0174. The van der Waals surface area contributed by atoms with Gasteiger partial charge < -0.3 is 10.2 Å². The molecule has 6 heteroatoms. The third kappa shape index (κ3) is 1.82. The SMILES string of the molecule is O=C(O)Cn1cc(C(=O)O)cn1. The fraction of sp³-hybridized carbons (Fsp3) is 0.167. The smallest absolute Gasteiger partial charge is 0.338 e. The molecular formula is C6H6N2O4. The molecule has 64 valence electrons. The first-order valence-corrected chi connectivity index (χ1v) is 3.07. The molecule has 0 bridgehead atoms. The van der Waals surface area contributed by atoms with Gasteiger partial charge in [-0.2, -0.15) is 5.10 Å². The van der Waals surface area contributed by atoms with Crippen LogP contribution in [0, 0.1) is 0 Å². The van der Waals surface area contributed by atoms with Crippen LogP contribution in [0.2, 0.25) is 0 Å². The summed E-state index contributed by atoms with van der Waals surface area (Å²) in [7, 11) is 0. The summed E-state index contributed by atoms with van der Waals surface area (Å²) in [6.45, 7) is -0.326. The van der Waals surface area contributed by atoms with Crippen molar-refractivity contribution in [1.82, 2.24) is 9.78 Å². The standard InChI is InChI=1S/C6H6N2O4/c9-5(10)3-8-2-4(1-7-8)6(11)12/h1-2H,3H2,(H,9,10)(H,11,12). The van der Waals surface area contributed by atoms with Crippen LogP contribution >= 0.6 is 0 Å². The largest absolute Gasteiger partial charge is 0.480 e. The summed E-state index contributed by atoms with van der Waals surface area (Å²) in [6, 6.07) is 0. The van der Waals surface area contributed by atoms with Crippen LogP contribution < -0.4 is 0 Å². The number of aromatic carboxylic acids is 1. The van der Waals surface area contributed by atoms with Gasteiger partial charge in [-0.1, -0.05) is 0 Å². The van der Waals surface area contributed by atoms with Crippen LogP contribution in [0.3, 0.4) is 0 Å². The Bertz CT molecular complexity index is 317. The molecule has 1 aromatic heterocycles. The molecule has 0 spiro atoms. The second-order valence-corrected chi connectivity index (χ2v) is 2.13. The molecule has 0 unspecified atom stereocenters. The topological polar surface area (TPSA) is 92.4 Å². The highest BCUT2D eigenvalue weighted by Gasteiger charge is 2.07. The van der Waals surface area contributed by atoms with E-state index >= 15 is 0 Å². The molecule has 12 heavy (non-hydrogen) atoms. The average Bonchev–Trinajstić information content (AvgIpc) is 2.34. The molecule has 0 saturated carbocycles. The van der Waals surface area contributed by atoms with Crippen molar-refractivity contribution in [3.63, 3.8) is 0 Å². The summed E-state index contributed by atoms with van der Waals surface area (Å²) < 4.78 is 1.05. The number of carboxylic acid groups (broad SMARTS) is 2. The van der Waals surface area contributed by atoms with E-state index in [-0.39, 0.29) is 12.1 Å². The molecule has 0 radical (unpaired) electrons. The van der Waals surface area contributed by atoms with E-state index < -0.39 is 11.9 Å². The van der Waals surface area contributed by atoms with Gasteiger partial charge in [-0.3, -0.25) is 9.48 Å². The van der Waals surface area contributed by atoms with Crippen LogP contribution in [-0.2, 0) is 11.3 Å². The highest BCUT2D eigenvalue weighted by molar-refractivity contribution is 5.86. The Morgan fingerprint density at radius 3 is 2.58 bits per heavy atom. The number of aromatic nitrogens is 2. The van der Waals surface area contributed by atoms with Crippen molar-refractivity contribution in [3.05, 3.63) is 18.0 Å². The van der Waals surface area contributed by atoms with Gasteiger partial charge in [0, 0.05) is 6.20 Å². The first-order chi connectivity index (χ1) is 5.59. The molecule has 1 rings (SSSR count). The summed E-state index contributed by atoms with van der Waals surface area (Å²) in [6.07, 6.45) is 2.27. The Balaban J connectivity index is 2.77. The molecule has 0 atom stereocenters. The minimum absolute atomic E-state index is 0.0174. The fourth-order valence-corrected chi connectivity index (χ4v) is 0.699. The van der Waals surface area contributed by atoms with E-state index in [1.54, 1.807) is 0 Å². The van der Waals surface area contributed by atoms with Gasteiger partial charge in [0.2, 0.25) is 0 Å². The molecule has 1 heterocycles. The number of aliphatic carboxylic acids is 1. The molecule has 0 saturated heterocycles. The highest BCUT2D eigenvalue weighted by atomic mass is 16.4. The van der Waals surface area contributed by atoms with Crippen molar-refractivity contribution >= 4 is 11.9 Å². The third-order valence-corrected chi connectivity index (χ3v) is 1.18. The summed E-state index contributed by atoms with van der Waals surface area (Å²) >= 11 is 0. The van der Waals surface area contributed by atoms with Crippen molar-refractivity contribution in [2.24, 2.45) is 0 Å². The molecular weight excluding hydrogens is 164 g/mol. The van der Waals surface area contributed by atoms with Crippen molar-refractivity contribution in [3.8, 4) is 0 Å². The number of rotatable bonds is 3. The maximum atomic E-state index is 10.3. The third-order valence-electron chi connectivity index (χ3n) is 1.18. The Morgan fingerprint density at radius 2 is 2.17 bits per heavy atom. The number of hydrogen-bond acceptors (Lipinski definition) is 3. The lowest BCUT2D eigenvalue weighted by Crippen LogP contribution is -2.08. The zero-order valence-corrected chi connectivity index (χ0v) is 5.97. The maximum Gasteiger partial charge on any atom is 0.338 e. The Morgan fingerprint density at radius 1 is 1.50 bits per heavy atom. The van der Waals surface area contributed by atoms with Crippen LogP contribution in [0.4, 0.5) is 0 Å². The minimum Gasteiger partial charge on any atom is -0.480 e. The maximum absolute atomic E-state index is 10.3. The molecule has 6 nitrogen and oxygen atoms in total. The van der Waals surface area contributed by atoms with E-state index in [0.717, 1.165) is 17.1 Å². The van der Waals surface area contributed by atoms with E-state index in [1.165, 1.54) is 0 Å². The minimum atomic E-state index is -1.12. The molecule has 0 fully saturated rings. The average molecular weight is 170 g/mol. The molecule has 1 aromatic rings. The predicted molar refractivity (Wildman–Crippen MR) is 36.8 cm³/mol. The highest BCUT2D eigenvalue weighted by Crippen LogP contribution is 1.96. The summed E-state index contributed by atoms with van der Waals surface area (Å²) in [5.74, 6) is -2.18. The zero-order chi connectivity index (χ0) is 9.14. The van der Waals surface area contributed by atoms with Crippen LogP contribution in [0.1, 0.15) is 10.4 Å². The lowest BCUT2D eigenvalue weighted by atomic mass is 10.4. The van der Waals surface area contributed by atoms with Crippen LogP contribution in [0.5, 0.6) is 0 Å². The Hall–Kier alpha value is -1.85.